The zero-order chi connectivity index (χ0) is 16.8. The van der Waals surface area contributed by atoms with E-state index in [0.29, 0.717) is 35.4 Å². The van der Waals surface area contributed by atoms with Crippen LogP contribution in [0.1, 0.15) is 25.2 Å². The lowest BCUT2D eigenvalue weighted by atomic mass is 10.00. The normalized spacial score (nSPS) is 17.6. The maximum absolute atomic E-state index is 12.0. The minimum absolute atomic E-state index is 0.0480. The van der Waals surface area contributed by atoms with Gasteiger partial charge in [-0.3, -0.25) is 4.79 Å². The summed E-state index contributed by atoms with van der Waals surface area (Å²) < 4.78 is 5.71. The van der Waals surface area contributed by atoms with Crippen molar-refractivity contribution < 1.29 is 9.21 Å². The fraction of sp³-hybridized carbons (Fsp3) is 0.444. The largest absolute Gasteiger partial charge is 0.441 e. The number of carbonyl (C=O) groups is 1. The first-order valence-electron chi connectivity index (χ1n) is 8.39. The highest BCUT2D eigenvalue weighted by atomic mass is 35.5. The molecule has 1 aliphatic heterocycles. The third-order valence-electron chi connectivity index (χ3n) is 4.24. The summed E-state index contributed by atoms with van der Waals surface area (Å²) in [5.74, 6) is 1.86. The number of nitrogens with one attached hydrogen (secondary N) is 2. The van der Waals surface area contributed by atoms with Crippen LogP contribution in [0.3, 0.4) is 0 Å². The average molecular weight is 348 g/mol. The minimum atomic E-state index is 0.0480. The summed E-state index contributed by atoms with van der Waals surface area (Å²) in [6.45, 7) is 2.82. The van der Waals surface area contributed by atoms with Crippen LogP contribution < -0.4 is 10.6 Å². The molecule has 1 unspecified atom stereocenters. The third-order valence-corrected chi connectivity index (χ3v) is 4.49. The molecule has 1 amide bonds. The molecular weight excluding hydrogens is 326 g/mol. The van der Waals surface area contributed by atoms with Crippen LogP contribution in [0.15, 0.2) is 34.9 Å². The third kappa shape index (κ3) is 4.82. The van der Waals surface area contributed by atoms with Gasteiger partial charge < -0.3 is 15.1 Å². The van der Waals surface area contributed by atoms with Crippen LogP contribution in [0.5, 0.6) is 0 Å². The van der Waals surface area contributed by atoms with E-state index in [-0.39, 0.29) is 5.91 Å². The van der Waals surface area contributed by atoms with E-state index < -0.39 is 0 Å². The summed E-state index contributed by atoms with van der Waals surface area (Å²) in [5.41, 5.74) is 0.924. The van der Waals surface area contributed by atoms with Crippen molar-refractivity contribution in [2.45, 2.75) is 25.7 Å². The van der Waals surface area contributed by atoms with E-state index in [1.54, 1.807) is 6.20 Å². The first-order chi connectivity index (χ1) is 11.7. The van der Waals surface area contributed by atoms with Crippen LogP contribution in [0, 0.1) is 5.92 Å². The maximum atomic E-state index is 12.0. The minimum Gasteiger partial charge on any atom is -0.441 e. The van der Waals surface area contributed by atoms with Gasteiger partial charge in [0.2, 0.25) is 5.91 Å². The Balaban J connectivity index is 1.44. The lowest BCUT2D eigenvalue weighted by Crippen LogP contribution is -2.38. The molecule has 0 bridgehead atoms. The summed E-state index contributed by atoms with van der Waals surface area (Å²) in [5, 5.41) is 7.04. The molecule has 2 heterocycles. The number of rotatable bonds is 6. The van der Waals surface area contributed by atoms with E-state index in [1.165, 1.54) is 12.8 Å². The van der Waals surface area contributed by atoms with Crippen molar-refractivity contribution >= 4 is 17.5 Å². The number of halogens is 1. The lowest BCUT2D eigenvalue weighted by Gasteiger charge is -2.22. The molecule has 128 valence electrons. The Morgan fingerprint density at radius 1 is 1.38 bits per heavy atom. The fourth-order valence-electron chi connectivity index (χ4n) is 2.84. The quantitative estimate of drug-likeness (QED) is 0.842. The number of hydrogen-bond donors (Lipinski definition) is 2. The fourth-order valence-corrected chi connectivity index (χ4v) is 2.96. The van der Waals surface area contributed by atoms with Gasteiger partial charge >= 0.3 is 0 Å². The summed E-state index contributed by atoms with van der Waals surface area (Å²) in [6.07, 6.45) is 4.94. The number of benzene rings is 1. The van der Waals surface area contributed by atoms with Crippen molar-refractivity contribution in [3.05, 3.63) is 41.4 Å². The lowest BCUT2D eigenvalue weighted by molar-refractivity contribution is -0.121. The Kier molecular flexibility index (Phi) is 5.88. The number of hydrogen-bond acceptors (Lipinski definition) is 4. The Bertz CT molecular complexity index is 663. The summed E-state index contributed by atoms with van der Waals surface area (Å²) in [4.78, 5) is 16.2. The van der Waals surface area contributed by atoms with E-state index in [4.69, 9.17) is 16.0 Å². The highest BCUT2D eigenvalue weighted by Gasteiger charge is 2.14. The molecule has 1 fully saturated rings. The van der Waals surface area contributed by atoms with Gasteiger partial charge in [0.15, 0.2) is 11.7 Å². The number of piperidine rings is 1. The molecule has 3 rings (SSSR count). The topological polar surface area (TPSA) is 67.2 Å². The van der Waals surface area contributed by atoms with E-state index in [1.807, 2.05) is 24.3 Å². The highest BCUT2D eigenvalue weighted by molar-refractivity contribution is 6.30. The Morgan fingerprint density at radius 3 is 2.96 bits per heavy atom. The van der Waals surface area contributed by atoms with Gasteiger partial charge in [-0.2, -0.15) is 0 Å². The smallest absolute Gasteiger partial charge is 0.220 e. The van der Waals surface area contributed by atoms with Crippen molar-refractivity contribution in [3.63, 3.8) is 0 Å². The second-order valence-electron chi connectivity index (χ2n) is 6.14. The molecular formula is C18H22ClN3O2. The molecule has 5 nitrogen and oxygen atoms in total. The molecule has 0 radical (unpaired) electrons. The van der Waals surface area contributed by atoms with Crippen LogP contribution >= 0.6 is 11.6 Å². The van der Waals surface area contributed by atoms with Crippen LogP contribution in [0.2, 0.25) is 5.02 Å². The number of oxazole rings is 1. The van der Waals surface area contributed by atoms with Crippen molar-refractivity contribution in [2.24, 2.45) is 5.92 Å². The number of aromatic nitrogens is 1. The Morgan fingerprint density at radius 2 is 2.21 bits per heavy atom. The number of aryl methyl sites for hydroxylation is 1. The van der Waals surface area contributed by atoms with Crippen LogP contribution in [0.4, 0.5) is 0 Å². The number of nitrogens with zero attached hydrogens (tertiary/aromatic N) is 1. The molecule has 1 aliphatic rings. The molecule has 0 spiro atoms. The van der Waals surface area contributed by atoms with E-state index >= 15 is 0 Å². The van der Waals surface area contributed by atoms with E-state index in [9.17, 15) is 4.79 Å². The molecule has 6 heteroatoms. The van der Waals surface area contributed by atoms with Crippen molar-refractivity contribution in [1.29, 1.82) is 0 Å². The van der Waals surface area contributed by atoms with E-state index in [2.05, 4.69) is 15.6 Å². The zero-order valence-corrected chi connectivity index (χ0v) is 14.3. The van der Waals surface area contributed by atoms with Crippen LogP contribution in [-0.2, 0) is 11.2 Å². The monoisotopic (exact) mass is 347 g/mol. The van der Waals surface area contributed by atoms with E-state index in [0.717, 1.165) is 25.2 Å². The predicted molar refractivity (Wildman–Crippen MR) is 93.9 cm³/mol. The predicted octanol–water partition coefficient (Wildman–Crippen LogP) is 3.04. The second kappa shape index (κ2) is 8.31. The summed E-state index contributed by atoms with van der Waals surface area (Å²) >= 11 is 5.88. The molecule has 2 N–H and O–H groups in total. The highest BCUT2D eigenvalue weighted by Crippen LogP contribution is 2.22. The van der Waals surface area contributed by atoms with Gasteiger partial charge in [-0.25, -0.2) is 4.98 Å². The van der Waals surface area contributed by atoms with Gasteiger partial charge in [-0.05, 0) is 56.1 Å². The van der Waals surface area contributed by atoms with Gasteiger partial charge in [0.25, 0.3) is 0 Å². The number of amides is 1. The van der Waals surface area contributed by atoms with Gasteiger partial charge in [0.05, 0.1) is 6.20 Å². The summed E-state index contributed by atoms with van der Waals surface area (Å²) in [7, 11) is 0. The Hall–Kier alpha value is -1.85. The van der Waals surface area contributed by atoms with Gasteiger partial charge in [0.1, 0.15) is 0 Å². The van der Waals surface area contributed by atoms with Crippen LogP contribution in [0.25, 0.3) is 11.3 Å². The van der Waals surface area contributed by atoms with Crippen molar-refractivity contribution in [3.8, 4) is 11.3 Å². The van der Waals surface area contributed by atoms with Crippen molar-refractivity contribution in [1.82, 2.24) is 15.6 Å². The molecule has 1 aromatic heterocycles. The van der Waals surface area contributed by atoms with Crippen LogP contribution in [-0.4, -0.2) is 30.5 Å². The molecule has 0 aliphatic carbocycles. The SMILES string of the molecule is O=C(CCc1ncc(-c2ccc(Cl)cc2)o1)NCC1CCCNC1. The first kappa shape index (κ1) is 17.0. The molecule has 1 aromatic carbocycles. The summed E-state index contributed by atoms with van der Waals surface area (Å²) in [6, 6.07) is 7.40. The standard InChI is InChI=1S/C18H22ClN3O2/c19-15-5-3-14(4-6-15)16-12-22-18(24-16)8-7-17(23)21-11-13-2-1-9-20-10-13/h3-6,12-13,20H,1-2,7-11H2,(H,21,23). The molecule has 0 saturated carbocycles. The molecule has 1 atom stereocenters. The average Bonchev–Trinajstić information content (AvgIpc) is 3.09. The number of carbonyl (C=O) groups excluding carboxylic acids is 1. The second-order valence-corrected chi connectivity index (χ2v) is 6.58. The van der Waals surface area contributed by atoms with Crippen molar-refractivity contribution in [2.75, 3.05) is 19.6 Å². The maximum Gasteiger partial charge on any atom is 0.220 e. The van der Waals surface area contributed by atoms with Gasteiger partial charge in [-0.15, -0.1) is 0 Å². The molecule has 2 aromatic rings. The zero-order valence-electron chi connectivity index (χ0n) is 13.6. The van der Waals surface area contributed by atoms with Gasteiger partial charge in [0, 0.05) is 30.0 Å². The van der Waals surface area contributed by atoms with Gasteiger partial charge in [-0.1, -0.05) is 11.6 Å². The molecule has 24 heavy (non-hydrogen) atoms. The first-order valence-corrected chi connectivity index (χ1v) is 8.76. The Labute approximate surface area is 146 Å². The molecule has 1 saturated heterocycles.